The molecule has 0 fully saturated rings. The van der Waals surface area contributed by atoms with Crippen LogP contribution in [0.2, 0.25) is 0 Å². The Bertz CT molecular complexity index is 531. The van der Waals surface area contributed by atoms with Gasteiger partial charge in [0.15, 0.2) is 0 Å². The van der Waals surface area contributed by atoms with Crippen LogP contribution in [-0.2, 0) is 0 Å². The number of hydrogen-bond donors (Lipinski definition) is 1. The summed E-state index contributed by atoms with van der Waals surface area (Å²) in [5.41, 5.74) is 7.59. The second-order valence-electron chi connectivity index (χ2n) is 3.47. The van der Waals surface area contributed by atoms with Gasteiger partial charge in [0.1, 0.15) is 17.0 Å². The van der Waals surface area contributed by atoms with Crippen LogP contribution in [0.25, 0.3) is 0 Å². The fraction of sp³-hybridized carbons (Fsp3) is 0.167. The monoisotopic (exact) mass is 247 g/mol. The number of nitrogens with zero attached hydrogens (tertiary/aromatic N) is 2. The molecule has 17 heavy (non-hydrogen) atoms. The lowest BCUT2D eigenvalue weighted by Gasteiger charge is -2.08. The minimum absolute atomic E-state index is 0.413. The minimum atomic E-state index is 0.413. The van der Waals surface area contributed by atoms with Crippen LogP contribution in [0.15, 0.2) is 40.5 Å². The van der Waals surface area contributed by atoms with Crippen molar-refractivity contribution in [3.8, 4) is 5.88 Å². The summed E-state index contributed by atoms with van der Waals surface area (Å²) < 4.78 is 5.06. The van der Waals surface area contributed by atoms with Crippen molar-refractivity contribution < 1.29 is 4.74 Å². The van der Waals surface area contributed by atoms with E-state index < -0.39 is 0 Å². The summed E-state index contributed by atoms with van der Waals surface area (Å²) in [5.74, 6) is 0.413. The zero-order valence-corrected chi connectivity index (χ0v) is 10.5. The SMILES string of the molecule is COc1ncnc(Sc2ccccc2C)c1N. The van der Waals surface area contributed by atoms with Gasteiger partial charge in [-0.25, -0.2) is 4.98 Å². The minimum Gasteiger partial charge on any atom is -0.479 e. The Balaban J connectivity index is 2.34. The van der Waals surface area contributed by atoms with E-state index in [0.717, 1.165) is 4.90 Å². The summed E-state index contributed by atoms with van der Waals surface area (Å²) in [4.78, 5) is 9.24. The van der Waals surface area contributed by atoms with Crippen molar-refractivity contribution in [1.29, 1.82) is 0 Å². The molecule has 0 spiro atoms. The molecule has 0 radical (unpaired) electrons. The van der Waals surface area contributed by atoms with E-state index in [0.29, 0.717) is 16.6 Å². The standard InChI is InChI=1S/C12H13N3OS/c1-8-5-3-4-6-9(8)17-12-10(13)11(16-2)14-7-15-12/h3-7H,13H2,1-2H3. The Morgan fingerprint density at radius 3 is 2.71 bits per heavy atom. The molecule has 2 aromatic rings. The fourth-order valence-corrected chi connectivity index (χ4v) is 2.26. The molecule has 1 aromatic carbocycles. The van der Waals surface area contributed by atoms with Gasteiger partial charge in [0, 0.05) is 4.90 Å². The molecule has 0 saturated carbocycles. The van der Waals surface area contributed by atoms with E-state index in [2.05, 4.69) is 23.0 Å². The van der Waals surface area contributed by atoms with Gasteiger partial charge < -0.3 is 10.5 Å². The second kappa shape index (κ2) is 5.05. The molecule has 0 atom stereocenters. The number of ether oxygens (including phenoxy) is 1. The Morgan fingerprint density at radius 1 is 1.24 bits per heavy atom. The van der Waals surface area contributed by atoms with Crippen LogP contribution in [-0.4, -0.2) is 17.1 Å². The molecule has 0 bridgehead atoms. The molecule has 2 rings (SSSR count). The number of hydrogen-bond acceptors (Lipinski definition) is 5. The van der Waals surface area contributed by atoms with Crippen LogP contribution in [0.4, 0.5) is 5.69 Å². The number of nitrogen functional groups attached to an aromatic ring is 1. The van der Waals surface area contributed by atoms with Crippen LogP contribution in [0.1, 0.15) is 5.56 Å². The number of benzene rings is 1. The van der Waals surface area contributed by atoms with E-state index in [-0.39, 0.29) is 0 Å². The highest BCUT2D eigenvalue weighted by Gasteiger charge is 2.10. The van der Waals surface area contributed by atoms with E-state index >= 15 is 0 Å². The van der Waals surface area contributed by atoms with E-state index in [1.54, 1.807) is 7.11 Å². The normalized spacial score (nSPS) is 10.2. The summed E-state index contributed by atoms with van der Waals surface area (Å²) in [5, 5.41) is 0.714. The molecule has 1 heterocycles. The average Bonchev–Trinajstić information content (AvgIpc) is 2.34. The molecule has 1 aromatic heterocycles. The van der Waals surface area contributed by atoms with E-state index in [1.807, 2.05) is 18.2 Å². The highest BCUT2D eigenvalue weighted by molar-refractivity contribution is 7.99. The molecular formula is C12H13N3OS. The van der Waals surface area contributed by atoms with Crippen LogP contribution in [0, 0.1) is 6.92 Å². The molecule has 0 unspecified atom stereocenters. The van der Waals surface area contributed by atoms with Crippen molar-refractivity contribution in [2.45, 2.75) is 16.8 Å². The van der Waals surface area contributed by atoms with Crippen molar-refractivity contribution in [2.75, 3.05) is 12.8 Å². The first-order valence-electron chi connectivity index (χ1n) is 5.10. The highest BCUT2D eigenvalue weighted by atomic mass is 32.2. The lowest BCUT2D eigenvalue weighted by atomic mass is 10.2. The Morgan fingerprint density at radius 2 is 2.00 bits per heavy atom. The first kappa shape index (κ1) is 11.7. The molecule has 0 amide bonds. The fourth-order valence-electron chi connectivity index (χ4n) is 1.38. The summed E-state index contributed by atoms with van der Waals surface area (Å²) in [6.45, 7) is 2.05. The lowest BCUT2D eigenvalue weighted by Crippen LogP contribution is -1.99. The first-order valence-corrected chi connectivity index (χ1v) is 5.92. The summed E-state index contributed by atoms with van der Waals surface area (Å²) >= 11 is 1.51. The maximum atomic E-state index is 5.92. The van der Waals surface area contributed by atoms with E-state index in [9.17, 15) is 0 Å². The Labute approximate surface area is 104 Å². The van der Waals surface area contributed by atoms with E-state index in [1.165, 1.54) is 23.7 Å². The van der Waals surface area contributed by atoms with Crippen LogP contribution >= 0.6 is 11.8 Å². The third-order valence-corrected chi connectivity index (χ3v) is 3.50. The zero-order valence-electron chi connectivity index (χ0n) is 9.68. The lowest BCUT2D eigenvalue weighted by molar-refractivity contribution is 0.397. The van der Waals surface area contributed by atoms with Gasteiger partial charge in [-0.1, -0.05) is 30.0 Å². The highest BCUT2D eigenvalue weighted by Crippen LogP contribution is 2.34. The summed E-state index contributed by atoms with van der Waals surface area (Å²) in [6.07, 6.45) is 1.45. The van der Waals surface area contributed by atoms with Crippen LogP contribution in [0.3, 0.4) is 0 Å². The first-order chi connectivity index (χ1) is 8.22. The predicted octanol–water partition coefficient (Wildman–Crippen LogP) is 2.53. The van der Waals surface area contributed by atoms with Gasteiger partial charge in [0.25, 0.3) is 0 Å². The topological polar surface area (TPSA) is 61.0 Å². The molecule has 0 aliphatic heterocycles. The van der Waals surface area contributed by atoms with Crippen LogP contribution < -0.4 is 10.5 Å². The van der Waals surface area contributed by atoms with Crippen molar-refractivity contribution >= 4 is 17.4 Å². The summed E-state index contributed by atoms with van der Waals surface area (Å²) in [7, 11) is 1.54. The third kappa shape index (κ3) is 2.50. The van der Waals surface area contributed by atoms with Gasteiger partial charge in [-0.3, -0.25) is 0 Å². The largest absolute Gasteiger partial charge is 0.479 e. The molecule has 4 nitrogen and oxygen atoms in total. The summed E-state index contributed by atoms with van der Waals surface area (Å²) in [6, 6.07) is 8.08. The van der Waals surface area contributed by atoms with Gasteiger partial charge >= 0.3 is 0 Å². The third-order valence-electron chi connectivity index (χ3n) is 2.30. The van der Waals surface area contributed by atoms with Gasteiger partial charge in [-0.05, 0) is 18.6 Å². The average molecular weight is 247 g/mol. The molecular weight excluding hydrogens is 234 g/mol. The van der Waals surface area contributed by atoms with Crippen molar-refractivity contribution in [3.05, 3.63) is 36.2 Å². The van der Waals surface area contributed by atoms with Crippen molar-refractivity contribution in [1.82, 2.24) is 9.97 Å². The molecule has 0 aliphatic carbocycles. The molecule has 2 N–H and O–H groups in total. The smallest absolute Gasteiger partial charge is 0.241 e. The van der Waals surface area contributed by atoms with Crippen molar-refractivity contribution in [2.24, 2.45) is 0 Å². The molecule has 0 aliphatic rings. The molecule has 5 heteroatoms. The number of nitrogens with two attached hydrogens (primary N) is 1. The number of aromatic nitrogens is 2. The van der Waals surface area contributed by atoms with Crippen LogP contribution in [0.5, 0.6) is 5.88 Å². The maximum Gasteiger partial charge on any atom is 0.241 e. The van der Waals surface area contributed by atoms with Gasteiger partial charge in [0.2, 0.25) is 5.88 Å². The van der Waals surface area contributed by atoms with E-state index in [4.69, 9.17) is 10.5 Å². The van der Waals surface area contributed by atoms with Gasteiger partial charge in [-0.15, -0.1) is 0 Å². The van der Waals surface area contributed by atoms with Gasteiger partial charge in [-0.2, -0.15) is 4.98 Å². The number of rotatable bonds is 3. The molecule has 88 valence electrons. The Hall–Kier alpha value is -1.75. The molecule has 0 saturated heterocycles. The predicted molar refractivity (Wildman–Crippen MR) is 68.3 cm³/mol. The quantitative estimate of drug-likeness (QED) is 0.844. The Kier molecular flexibility index (Phi) is 3.49. The number of anilines is 1. The van der Waals surface area contributed by atoms with Crippen molar-refractivity contribution in [3.63, 3.8) is 0 Å². The number of methoxy groups -OCH3 is 1. The number of aryl methyl sites for hydroxylation is 1. The second-order valence-corrected chi connectivity index (χ2v) is 4.50. The zero-order chi connectivity index (χ0) is 12.3. The van der Waals surface area contributed by atoms with Gasteiger partial charge in [0.05, 0.1) is 7.11 Å². The maximum absolute atomic E-state index is 5.92.